The minimum Gasteiger partial charge on any atom is -0.507 e. The molecule has 1 saturated heterocycles. The maximum absolute atomic E-state index is 12.9. The van der Waals surface area contributed by atoms with Crippen LogP contribution in [0.5, 0.6) is 0 Å². The molecule has 7 heteroatoms. The van der Waals surface area contributed by atoms with Crippen molar-refractivity contribution >= 4 is 46.5 Å². The molecule has 0 saturated carbocycles. The van der Waals surface area contributed by atoms with E-state index in [1.54, 1.807) is 66.7 Å². The predicted octanol–water partition coefficient (Wildman–Crippen LogP) is 5.01. The maximum atomic E-state index is 12.9. The summed E-state index contributed by atoms with van der Waals surface area (Å²) in [4.78, 5) is 31.3. The van der Waals surface area contributed by atoms with Crippen molar-refractivity contribution in [2.24, 2.45) is 0 Å². The monoisotopic (exact) mass is 424 g/mol. The van der Waals surface area contributed by atoms with Crippen LogP contribution < -0.4 is 4.90 Å². The highest BCUT2D eigenvalue weighted by atomic mass is 35.5. The molecule has 1 atom stereocenters. The molecule has 1 unspecified atom stereocenters. The molecule has 144 valence electrons. The molecule has 0 spiro atoms. The number of aromatic nitrogens is 1. The first-order valence-corrected chi connectivity index (χ1v) is 9.46. The lowest BCUT2D eigenvalue weighted by Crippen LogP contribution is -2.30. The lowest BCUT2D eigenvalue weighted by atomic mass is 9.95. The van der Waals surface area contributed by atoms with Crippen LogP contribution in [0.2, 0.25) is 10.0 Å². The molecule has 1 aliphatic heterocycles. The molecule has 1 N–H and O–H groups in total. The van der Waals surface area contributed by atoms with Crippen LogP contribution in [0.25, 0.3) is 5.76 Å². The van der Waals surface area contributed by atoms with E-state index in [4.69, 9.17) is 23.2 Å². The summed E-state index contributed by atoms with van der Waals surface area (Å²) in [6.07, 6.45) is 1.53. The number of benzene rings is 2. The van der Waals surface area contributed by atoms with Gasteiger partial charge < -0.3 is 5.11 Å². The number of carbonyl (C=O) groups excluding carboxylic acids is 2. The van der Waals surface area contributed by atoms with E-state index in [1.807, 2.05) is 0 Å². The van der Waals surface area contributed by atoms with E-state index < -0.39 is 17.7 Å². The predicted molar refractivity (Wildman–Crippen MR) is 112 cm³/mol. The number of hydrogen-bond donors (Lipinski definition) is 1. The average molecular weight is 425 g/mol. The van der Waals surface area contributed by atoms with E-state index >= 15 is 0 Å². The zero-order valence-corrected chi connectivity index (χ0v) is 16.4. The molecule has 0 bridgehead atoms. The van der Waals surface area contributed by atoms with Crippen molar-refractivity contribution < 1.29 is 14.7 Å². The summed E-state index contributed by atoms with van der Waals surface area (Å²) in [6.45, 7) is 0. The van der Waals surface area contributed by atoms with Gasteiger partial charge in [-0.25, -0.2) is 4.98 Å². The van der Waals surface area contributed by atoms with E-state index in [1.165, 1.54) is 11.1 Å². The molecular formula is C22H14Cl2N2O3. The Morgan fingerprint density at radius 1 is 0.931 bits per heavy atom. The second kappa shape index (κ2) is 7.70. The van der Waals surface area contributed by atoms with Crippen LogP contribution in [0.15, 0.2) is 78.5 Å². The van der Waals surface area contributed by atoms with Gasteiger partial charge in [-0.05, 0) is 54.1 Å². The van der Waals surface area contributed by atoms with E-state index in [9.17, 15) is 14.7 Å². The first kappa shape index (κ1) is 19.2. The normalized spacial score (nSPS) is 18.3. The van der Waals surface area contributed by atoms with Gasteiger partial charge in [0.05, 0.1) is 11.6 Å². The van der Waals surface area contributed by atoms with Crippen LogP contribution in [-0.4, -0.2) is 21.8 Å². The second-order valence-electron chi connectivity index (χ2n) is 6.42. The van der Waals surface area contributed by atoms with Crippen LogP contribution in [0.1, 0.15) is 17.2 Å². The summed E-state index contributed by atoms with van der Waals surface area (Å²) in [5, 5.41) is 11.9. The van der Waals surface area contributed by atoms with E-state index in [-0.39, 0.29) is 11.3 Å². The van der Waals surface area contributed by atoms with Crippen LogP contribution in [0, 0.1) is 0 Å². The molecule has 0 aliphatic carbocycles. The number of halogens is 2. The van der Waals surface area contributed by atoms with E-state index in [2.05, 4.69) is 4.98 Å². The number of Topliss-reactive ketones (excluding diaryl/α,β-unsaturated/α-hetero) is 1. The number of anilines is 1. The Hall–Kier alpha value is -3.15. The van der Waals surface area contributed by atoms with Crippen molar-refractivity contribution in [3.05, 3.63) is 99.7 Å². The molecule has 2 aromatic carbocycles. The summed E-state index contributed by atoms with van der Waals surface area (Å²) in [5.41, 5.74) is 0.920. The Bertz CT molecular complexity index is 1130. The van der Waals surface area contributed by atoms with Gasteiger partial charge in [0, 0.05) is 21.8 Å². The first-order chi connectivity index (χ1) is 14.0. The minimum absolute atomic E-state index is 0.0368. The van der Waals surface area contributed by atoms with E-state index in [0.717, 1.165) is 0 Å². The Labute approximate surface area is 176 Å². The summed E-state index contributed by atoms with van der Waals surface area (Å²) in [6, 6.07) is 17.4. The number of hydrogen-bond acceptors (Lipinski definition) is 4. The van der Waals surface area contributed by atoms with Gasteiger partial charge in [-0.3, -0.25) is 14.5 Å². The molecular weight excluding hydrogens is 411 g/mol. The molecule has 5 nitrogen and oxygen atoms in total. The van der Waals surface area contributed by atoms with Crippen LogP contribution in [0.4, 0.5) is 5.82 Å². The minimum atomic E-state index is -0.876. The average Bonchev–Trinajstić information content (AvgIpc) is 2.99. The molecule has 2 heterocycles. The third-order valence-electron chi connectivity index (χ3n) is 4.62. The molecule has 1 fully saturated rings. The summed E-state index contributed by atoms with van der Waals surface area (Å²) < 4.78 is 0. The SMILES string of the molecule is O=C1C(=O)N(c2ccccn2)C(c2cccc(Cl)c2)/C1=C(\O)c1ccc(Cl)cc1. The number of carbonyl (C=O) groups is 2. The van der Waals surface area contributed by atoms with Gasteiger partial charge in [-0.15, -0.1) is 0 Å². The summed E-state index contributed by atoms with van der Waals surface area (Å²) in [7, 11) is 0. The number of aliphatic hydroxyl groups excluding tert-OH is 1. The van der Waals surface area contributed by atoms with Gasteiger partial charge in [0.15, 0.2) is 0 Å². The van der Waals surface area contributed by atoms with Gasteiger partial charge in [-0.2, -0.15) is 0 Å². The third kappa shape index (κ3) is 3.50. The largest absolute Gasteiger partial charge is 0.507 e. The molecule has 0 radical (unpaired) electrons. The fraction of sp³-hybridized carbons (Fsp3) is 0.0455. The Kier molecular flexibility index (Phi) is 5.09. The van der Waals surface area contributed by atoms with Gasteiger partial charge >= 0.3 is 5.91 Å². The first-order valence-electron chi connectivity index (χ1n) is 8.71. The molecule has 3 aromatic rings. The third-order valence-corrected chi connectivity index (χ3v) is 5.11. The standard InChI is InChI=1S/C22H14Cl2N2O3/c23-15-9-7-13(8-10-15)20(27)18-19(14-4-3-5-16(24)12-14)26(22(29)21(18)28)17-6-1-2-11-25-17/h1-12,19,27H/b20-18+. The lowest BCUT2D eigenvalue weighted by Gasteiger charge is -2.24. The second-order valence-corrected chi connectivity index (χ2v) is 7.29. The van der Waals surface area contributed by atoms with Crippen LogP contribution >= 0.6 is 23.2 Å². The number of ketones is 1. The van der Waals surface area contributed by atoms with Crippen molar-refractivity contribution in [1.29, 1.82) is 0 Å². The Morgan fingerprint density at radius 2 is 1.69 bits per heavy atom. The zero-order chi connectivity index (χ0) is 20.5. The highest BCUT2D eigenvalue weighted by Crippen LogP contribution is 2.42. The van der Waals surface area contributed by atoms with Crippen molar-refractivity contribution in [3.63, 3.8) is 0 Å². The molecule has 1 aromatic heterocycles. The topological polar surface area (TPSA) is 70.5 Å². The molecule has 1 amide bonds. The smallest absolute Gasteiger partial charge is 0.301 e. The van der Waals surface area contributed by atoms with Crippen molar-refractivity contribution in [3.8, 4) is 0 Å². The summed E-state index contributed by atoms with van der Waals surface area (Å²) in [5.74, 6) is -1.56. The van der Waals surface area contributed by atoms with Crippen molar-refractivity contribution in [2.75, 3.05) is 4.90 Å². The number of aliphatic hydroxyl groups is 1. The Balaban J connectivity index is 1.95. The van der Waals surface area contributed by atoms with Gasteiger partial charge in [0.1, 0.15) is 11.6 Å². The number of pyridine rings is 1. The molecule has 1 aliphatic rings. The lowest BCUT2D eigenvalue weighted by molar-refractivity contribution is -0.132. The van der Waals surface area contributed by atoms with Gasteiger partial charge in [0.25, 0.3) is 5.78 Å². The van der Waals surface area contributed by atoms with Gasteiger partial charge in [0.2, 0.25) is 0 Å². The van der Waals surface area contributed by atoms with Crippen molar-refractivity contribution in [1.82, 2.24) is 4.98 Å². The number of nitrogens with zero attached hydrogens (tertiary/aromatic N) is 2. The Morgan fingerprint density at radius 3 is 2.34 bits per heavy atom. The number of rotatable bonds is 3. The highest BCUT2D eigenvalue weighted by Gasteiger charge is 2.47. The fourth-order valence-electron chi connectivity index (χ4n) is 3.32. The maximum Gasteiger partial charge on any atom is 0.301 e. The molecule has 4 rings (SSSR count). The van der Waals surface area contributed by atoms with Gasteiger partial charge in [-0.1, -0.05) is 41.4 Å². The zero-order valence-electron chi connectivity index (χ0n) is 14.9. The summed E-state index contributed by atoms with van der Waals surface area (Å²) >= 11 is 12.1. The number of amides is 1. The quantitative estimate of drug-likeness (QED) is 0.364. The fourth-order valence-corrected chi connectivity index (χ4v) is 3.65. The van der Waals surface area contributed by atoms with Crippen LogP contribution in [0.3, 0.4) is 0 Å². The van der Waals surface area contributed by atoms with E-state index in [0.29, 0.717) is 27.0 Å². The van der Waals surface area contributed by atoms with Crippen molar-refractivity contribution in [2.45, 2.75) is 6.04 Å². The molecule has 29 heavy (non-hydrogen) atoms. The van der Waals surface area contributed by atoms with Crippen LogP contribution in [-0.2, 0) is 9.59 Å². The highest BCUT2D eigenvalue weighted by molar-refractivity contribution is 6.51.